The Morgan fingerprint density at radius 1 is 1.35 bits per heavy atom. The average Bonchev–Trinajstić information content (AvgIpc) is 2.15. The predicted molar refractivity (Wildman–Crippen MR) is 73.4 cm³/mol. The van der Waals surface area contributed by atoms with E-state index >= 15 is 0 Å². The minimum Gasteiger partial charge on any atom is -0.480 e. The maximum Gasteiger partial charge on any atom is 0.408 e. The molecule has 1 aliphatic heterocycles. The second-order valence-electron chi connectivity index (χ2n) is 7.30. The molecule has 0 aromatic heterocycles. The lowest BCUT2D eigenvalue weighted by Gasteiger charge is -2.59. The first-order chi connectivity index (χ1) is 9.10. The van der Waals surface area contributed by atoms with E-state index in [9.17, 15) is 14.7 Å². The number of likely N-dealkylation sites (tertiary alicyclic amines) is 1. The zero-order chi connectivity index (χ0) is 15.1. The van der Waals surface area contributed by atoms with Gasteiger partial charge in [0.2, 0.25) is 0 Å². The van der Waals surface area contributed by atoms with E-state index in [0.717, 1.165) is 25.9 Å². The second-order valence-corrected chi connectivity index (χ2v) is 7.30. The fraction of sp³-hybridized carbons (Fsp3) is 0.857. The smallest absolute Gasteiger partial charge is 0.408 e. The molecule has 1 amide bonds. The van der Waals surface area contributed by atoms with Crippen molar-refractivity contribution in [2.24, 2.45) is 11.3 Å². The molecule has 1 atom stereocenters. The molecule has 1 saturated heterocycles. The van der Waals surface area contributed by atoms with Crippen LogP contribution in [-0.4, -0.2) is 53.8 Å². The van der Waals surface area contributed by atoms with Gasteiger partial charge in [0.25, 0.3) is 0 Å². The second kappa shape index (κ2) is 4.91. The van der Waals surface area contributed by atoms with Crippen LogP contribution >= 0.6 is 0 Å². The van der Waals surface area contributed by atoms with Gasteiger partial charge in [0.1, 0.15) is 11.6 Å². The first-order valence-electron chi connectivity index (χ1n) is 7.01. The summed E-state index contributed by atoms with van der Waals surface area (Å²) in [6, 6.07) is -0.846. The predicted octanol–water partition coefficient (Wildman–Crippen LogP) is 1.31. The number of aliphatic carboxylic acids is 1. The Hall–Kier alpha value is -1.30. The van der Waals surface area contributed by atoms with Crippen molar-refractivity contribution in [3.05, 3.63) is 0 Å². The van der Waals surface area contributed by atoms with Gasteiger partial charge in [-0.05, 0) is 52.0 Å². The Labute approximate surface area is 119 Å². The molecule has 0 aromatic carbocycles. The Morgan fingerprint density at radius 3 is 2.30 bits per heavy atom. The van der Waals surface area contributed by atoms with Gasteiger partial charge in [-0.15, -0.1) is 0 Å². The molecule has 2 N–H and O–H groups in total. The number of alkyl carbamates (subject to hydrolysis) is 1. The van der Waals surface area contributed by atoms with Crippen LogP contribution < -0.4 is 5.32 Å². The number of carbonyl (C=O) groups is 2. The molecular formula is C14H24N2O4. The monoisotopic (exact) mass is 284 g/mol. The molecule has 1 aliphatic carbocycles. The van der Waals surface area contributed by atoms with Gasteiger partial charge in [-0.1, -0.05) is 0 Å². The van der Waals surface area contributed by atoms with E-state index in [1.165, 1.54) is 0 Å². The zero-order valence-electron chi connectivity index (χ0n) is 12.6. The number of carboxylic acid groups (broad SMARTS) is 1. The lowest BCUT2D eigenvalue weighted by atomic mass is 9.56. The van der Waals surface area contributed by atoms with E-state index in [0.29, 0.717) is 5.41 Å². The fourth-order valence-corrected chi connectivity index (χ4v) is 3.46. The van der Waals surface area contributed by atoms with Gasteiger partial charge in [-0.25, -0.2) is 9.59 Å². The molecular weight excluding hydrogens is 260 g/mol. The van der Waals surface area contributed by atoms with Crippen LogP contribution in [0.3, 0.4) is 0 Å². The summed E-state index contributed by atoms with van der Waals surface area (Å²) in [5.74, 6) is -0.975. The van der Waals surface area contributed by atoms with Crippen LogP contribution in [0.4, 0.5) is 4.79 Å². The Bertz CT molecular complexity index is 402. The lowest BCUT2D eigenvalue weighted by molar-refractivity contribution is -0.148. The number of nitrogens with one attached hydrogen (secondary N) is 1. The highest BCUT2D eigenvalue weighted by Crippen LogP contribution is 2.52. The summed E-state index contributed by atoms with van der Waals surface area (Å²) >= 11 is 0. The quantitative estimate of drug-likeness (QED) is 0.817. The number of hydrogen-bond acceptors (Lipinski definition) is 4. The normalized spacial score (nSPS) is 23.6. The molecule has 1 spiro atoms. The van der Waals surface area contributed by atoms with Crippen molar-refractivity contribution in [1.29, 1.82) is 0 Å². The Morgan fingerprint density at radius 2 is 1.90 bits per heavy atom. The van der Waals surface area contributed by atoms with E-state index < -0.39 is 23.7 Å². The van der Waals surface area contributed by atoms with E-state index in [-0.39, 0.29) is 5.92 Å². The molecule has 1 saturated carbocycles. The average molecular weight is 284 g/mol. The number of hydrogen-bond donors (Lipinski definition) is 2. The summed E-state index contributed by atoms with van der Waals surface area (Å²) in [7, 11) is 2.06. The molecule has 114 valence electrons. The topological polar surface area (TPSA) is 78.9 Å². The summed E-state index contributed by atoms with van der Waals surface area (Å²) < 4.78 is 5.12. The van der Waals surface area contributed by atoms with Gasteiger partial charge in [-0.3, -0.25) is 0 Å². The summed E-state index contributed by atoms with van der Waals surface area (Å²) in [5.41, 5.74) is -0.326. The van der Waals surface area contributed by atoms with Crippen molar-refractivity contribution in [2.45, 2.75) is 45.3 Å². The molecule has 1 unspecified atom stereocenters. The number of carboxylic acids is 1. The van der Waals surface area contributed by atoms with Gasteiger partial charge in [0.05, 0.1) is 0 Å². The number of nitrogens with zero attached hydrogens (tertiary/aromatic N) is 1. The zero-order valence-corrected chi connectivity index (χ0v) is 12.6. The maximum atomic E-state index is 11.7. The standard InChI is InChI=1S/C14H24N2O4/c1-13(2,3)20-12(19)15-10(11(17)18)9-5-14(6-9)7-16(4)8-14/h9-10H,5-8H2,1-4H3,(H,15,19)(H,17,18). The molecule has 20 heavy (non-hydrogen) atoms. The van der Waals surface area contributed by atoms with Gasteiger partial charge in [0.15, 0.2) is 0 Å². The highest BCUT2D eigenvalue weighted by atomic mass is 16.6. The van der Waals surface area contributed by atoms with Crippen molar-refractivity contribution in [3.8, 4) is 0 Å². The van der Waals surface area contributed by atoms with E-state index in [4.69, 9.17) is 4.74 Å². The van der Waals surface area contributed by atoms with Crippen LogP contribution in [0.25, 0.3) is 0 Å². The highest BCUT2D eigenvalue weighted by Gasteiger charge is 2.54. The van der Waals surface area contributed by atoms with Gasteiger partial charge < -0.3 is 20.1 Å². The van der Waals surface area contributed by atoms with Gasteiger partial charge in [0, 0.05) is 13.1 Å². The number of carbonyl (C=O) groups excluding carboxylic acids is 1. The number of amides is 1. The van der Waals surface area contributed by atoms with Crippen molar-refractivity contribution in [2.75, 3.05) is 20.1 Å². The third-order valence-corrected chi connectivity index (χ3v) is 4.01. The largest absolute Gasteiger partial charge is 0.480 e. The first kappa shape index (κ1) is 15.1. The summed E-state index contributed by atoms with van der Waals surface area (Å²) in [5, 5.41) is 11.8. The highest BCUT2D eigenvalue weighted by molar-refractivity contribution is 5.80. The van der Waals surface area contributed by atoms with Crippen LogP contribution in [0.15, 0.2) is 0 Å². The molecule has 1 heterocycles. The van der Waals surface area contributed by atoms with E-state index in [2.05, 4.69) is 17.3 Å². The van der Waals surface area contributed by atoms with Crippen molar-refractivity contribution in [3.63, 3.8) is 0 Å². The molecule has 2 fully saturated rings. The third-order valence-electron chi connectivity index (χ3n) is 4.01. The fourth-order valence-electron chi connectivity index (χ4n) is 3.46. The third kappa shape index (κ3) is 3.23. The van der Waals surface area contributed by atoms with Crippen LogP contribution in [0.1, 0.15) is 33.6 Å². The molecule has 0 radical (unpaired) electrons. The van der Waals surface area contributed by atoms with E-state index in [1.807, 2.05) is 0 Å². The van der Waals surface area contributed by atoms with Crippen molar-refractivity contribution in [1.82, 2.24) is 10.2 Å². The first-order valence-corrected chi connectivity index (χ1v) is 7.01. The SMILES string of the molecule is CN1CC2(CC(C(NC(=O)OC(C)(C)C)C(=O)O)C2)C1. The summed E-state index contributed by atoms with van der Waals surface area (Å²) in [6.45, 7) is 7.32. The summed E-state index contributed by atoms with van der Waals surface area (Å²) in [4.78, 5) is 25.3. The van der Waals surface area contributed by atoms with Gasteiger partial charge >= 0.3 is 12.1 Å². The maximum absolute atomic E-state index is 11.7. The van der Waals surface area contributed by atoms with E-state index in [1.54, 1.807) is 20.8 Å². The molecule has 2 rings (SSSR count). The van der Waals surface area contributed by atoms with Crippen molar-refractivity contribution >= 4 is 12.1 Å². The van der Waals surface area contributed by atoms with Gasteiger partial charge in [-0.2, -0.15) is 0 Å². The Kier molecular flexibility index (Phi) is 3.71. The summed E-state index contributed by atoms with van der Waals surface area (Å²) in [6.07, 6.45) is 1.07. The minimum atomic E-state index is -0.983. The number of ether oxygens (including phenoxy) is 1. The van der Waals surface area contributed by atoms with Crippen LogP contribution in [0, 0.1) is 11.3 Å². The lowest BCUT2D eigenvalue weighted by Crippen LogP contribution is -2.64. The Balaban J connectivity index is 1.86. The molecule has 6 nitrogen and oxygen atoms in total. The van der Waals surface area contributed by atoms with Crippen LogP contribution in [0.5, 0.6) is 0 Å². The minimum absolute atomic E-state index is 0.00807. The molecule has 0 bridgehead atoms. The van der Waals surface area contributed by atoms with Crippen LogP contribution in [-0.2, 0) is 9.53 Å². The van der Waals surface area contributed by atoms with Crippen molar-refractivity contribution < 1.29 is 19.4 Å². The molecule has 2 aliphatic rings. The molecule has 6 heteroatoms. The molecule has 0 aromatic rings. The van der Waals surface area contributed by atoms with Crippen LogP contribution in [0.2, 0.25) is 0 Å². The number of rotatable bonds is 3.